The van der Waals surface area contributed by atoms with Crippen molar-refractivity contribution >= 4 is 54.4 Å². The van der Waals surface area contributed by atoms with Gasteiger partial charge in [0.05, 0.1) is 27.8 Å². The highest BCUT2D eigenvalue weighted by Crippen LogP contribution is 2.42. The van der Waals surface area contributed by atoms with Gasteiger partial charge in [-0.3, -0.25) is 4.98 Å². The van der Waals surface area contributed by atoms with Gasteiger partial charge < -0.3 is 9.13 Å². The Labute approximate surface area is 347 Å². The van der Waals surface area contributed by atoms with E-state index < -0.39 is 0 Å². The van der Waals surface area contributed by atoms with Crippen molar-refractivity contribution in [3.8, 4) is 56.0 Å². The molecule has 0 aliphatic heterocycles. The molecule has 0 bridgehead atoms. The van der Waals surface area contributed by atoms with Crippen molar-refractivity contribution in [1.82, 2.24) is 14.1 Å². The number of pyridine rings is 1. The Bertz CT molecular complexity index is 3520. The normalized spacial score (nSPS) is 11.7. The van der Waals surface area contributed by atoms with Gasteiger partial charge in [-0.15, -0.1) is 0 Å². The number of hydrogen-bond acceptors (Lipinski definition) is 1. The molecule has 280 valence electrons. The van der Waals surface area contributed by atoms with Gasteiger partial charge in [0, 0.05) is 50.1 Å². The van der Waals surface area contributed by atoms with Gasteiger partial charge in [0.25, 0.3) is 0 Å². The van der Waals surface area contributed by atoms with Crippen LogP contribution in [0, 0.1) is 0 Å². The largest absolute Gasteiger partial charge is 0.309 e. The number of para-hydroxylation sites is 2. The molecule has 0 atom stereocenters. The number of fused-ring (bicyclic) bond motifs is 7. The molecule has 0 aliphatic carbocycles. The highest BCUT2D eigenvalue weighted by Gasteiger charge is 2.20. The summed E-state index contributed by atoms with van der Waals surface area (Å²) in [6, 6.07) is 79.2. The summed E-state index contributed by atoms with van der Waals surface area (Å²) in [6.07, 6.45) is 1.98. The molecule has 60 heavy (non-hydrogen) atoms. The Morgan fingerprint density at radius 3 is 1.53 bits per heavy atom. The summed E-state index contributed by atoms with van der Waals surface area (Å²) < 4.78 is 4.86. The van der Waals surface area contributed by atoms with Gasteiger partial charge in [0.2, 0.25) is 0 Å². The van der Waals surface area contributed by atoms with Crippen molar-refractivity contribution in [3.63, 3.8) is 0 Å². The van der Waals surface area contributed by atoms with Crippen LogP contribution >= 0.6 is 0 Å². The predicted molar refractivity (Wildman–Crippen MR) is 252 cm³/mol. The molecular formula is C57H37N3. The third-order valence-electron chi connectivity index (χ3n) is 12.1. The van der Waals surface area contributed by atoms with E-state index >= 15 is 0 Å². The molecule has 0 spiro atoms. The Morgan fingerprint density at radius 2 is 0.800 bits per heavy atom. The lowest BCUT2D eigenvalue weighted by Gasteiger charge is -2.12. The fourth-order valence-electron chi connectivity index (χ4n) is 9.23. The van der Waals surface area contributed by atoms with Crippen LogP contribution in [0.15, 0.2) is 225 Å². The van der Waals surface area contributed by atoms with E-state index in [0.29, 0.717) is 0 Å². The van der Waals surface area contributed by atoms with E-state index in [9.17, 15) is 0 Å². The monoisotopic (exact) mass is 763 g/mol. The molecule has 0 aliphatic rings. The molecule has 3 heteroatoms. The van der Waals surface area contributed by atoms with Gasteiger partial charge in [-0.1, -0.05) is 140 Å². The average molecular weight is 764 g/mol. The zero-order chi connectivity index (χ0) is 39.6. The van der Waals surface area contributed by atoms with E-state index in [2.05, 4.69) is 228 Å². The van der Waals surface area contributed by atoms with Crippen molar-refractivity contribution in [2.24, 2.45) is 0 Å². The topological polar surface area (TPSA) is 22.8 Å². The van der Waals surface area contributed by atoms with E-state index in [-0.39, 0.29) is 0 Å². The molecule has 0 fully saturated rings. The number of benzene rings is 9. The second-order valence-electron chi connectivity index (χ2n) is 15.6. The number of hydrogen-bond donors (Lipinski definition) is 0. The van der Waals surface area contributed by atoms with Crippen LogP contribution in [0.4, 0.5) is 0 Å². The van der Waals surface area contributed by atoms with Crippen molar-refractivity contribution in [2.45, 2.75) is 0 Å². The zero-order valence-electron chi connectivity index (χ0n) is 32.7. The van der Waals surface area contributed by atoms with Gasteiger partial charge in [-0.25, -0.2) is 0 Å². The Balaban J connectivity index is 1.09. The summed E-state index contributed by atoms with van der Waals surface area (Å²) in [5, 5.41) is 7.22. The minimum atomic E-state index is 0.962. The lowest BCUT2D eigenvalue weighted by atomic mass is 9.93. The van der Waals surface area contributed by atoms with Crippen molar-refractivity contribution in [2.75, 3.05) is 0 Å². The maximum absolute atomic E-state index is 4.89. The van der Waals surface area contributed by atoms with E-state index in [1.807, 2.05) is 6.20 Å². The lowest BCUT2D eigenvalue weighted by Crippen LogP contribution is -1.96. The fraction of sp³-hybridized carbons (Fsp3) is 0. The van der Waals surface area contributed by atoms with Crippen LogP contribution in [0.5, 0.6) is 0 Å². The summed E-state index contributed by atoms with van der Waals surface area (Å²) in [7, 11) is 0. The van der Waals surface area contributed by atoms with Crippen molar-refractivity contribution in [1.29, 1.82) is 0 Å². The quantitative estimate of drug-likeness (QED) is 0.165. The molecule has 0 unspecified atom stereocenters. The molecule has 0 radical (unpaired) electrons. The molecule has 3 nitrogen and oxygen atoms in total. The highest BCUT2D eigenvalue weighted by molar-refractivity contribution is 6.19. The summed E-state index contributed by atoms with van der Waals surface area (Å²) in [5.41, 5.74) is 16.2. The van der Waals surface area contributed by atoms with Gasteiger partial charge in [0.15, 0.2) is 0 Å². The van der Waals surface area contributed by atoms with Gasteiger partial charge in [0.1, 0.15) is 0 Å². The molecule has 12 rings (SSSR count). The predicted octanol–water partition coefficient (Wildman–Crippen LogP) is 15.1. The van der Waals surface area contributed by atoms with E-state index in [1.165, 1.54) is 76.9 Å². The maximum atomic E-state index is 4.89. The molecule has 3 heterocycles. The average Bonchev–Trinajstić information content (AvgIpc) is 3.82. The van der Waals surface area contributed by atoms with Crippen LogP contribution in [-0.4, -0.2) is 14.1 Å². The fourth-order valence-corrected chi connectivity index (χ4v) is 9.23. The van der Waals surface area contributed by atoms with E-state index in [4.69, 9.17) is 4.98 Å². The first-order chi connectivity index (χ1) is 29.7. The number of aromatic nitrogens is 3. The Kier molecular flexibility index (Phi) is 7.85. The van der Waals surface area contributed by atoms with Crippen molar-refractivity contribution < 1.29 is 0 Å². The number of nitrogens with zero attached hydrogens (tertiary/aromatic N) is 3. The van der Waals surface area contributed by atoms with Crippen LogP contribution in [0.2, 0.25) is 0 Å². The lowest BCUT2D eigenvalue weighted by molar-refractivity contribution is 1.16. The minimum absolute atomic E-state index is 0.962. The standard InChI is InChI=1S/C57H37N3/c1-4-15-38(16-5-1)44-29-45(39-17-6-2-7-18-39)31-46(30-44)41-27-28-55-50(33-41)52-35-51-49-25-12-13-26-54(49)60(56(51)36-57(52)59(55)47-22-8-3-9-23-47)48-24-14-21-42(32-48)53-34-40-19-10-11-20-43(40)37-58-53/h1-37H. The molecule has 0 saturated carbocycles. The SMILES string of the molecule is c1ccc(-c2cc(-c3ccccc3)cc(-c3ccc4c(c3)c3cc5c6ccccc6n(-c6cccc(-c7cc8ccccc8cn7)c6)c5cc3n4-c3ccccc3)c2)cc1. The zero-order valence-corrected chi connectivity index (χ0v) is 32.7. The Hall–Kier alpha value is -8.01. The highest BCUT2D eigenvalue weighted by atomic mass is 15.0. The molecule has 12 aromatic rings. The molecule has 0 saturated heterocycles. The second kappa shape index (κ2) is 13.8. The van der Waals surface area contributed by atoms with Crippen LogP contribution in [-0.2, 0) is 0 Å². The van der Waals surface area contributed by atoms with Gasteiger partial charge in [-0.05, 0) is 118 Å². The summed E-state index contributed by atoms with van der Waals surface area (Å²) in [4.78, 5) is 4.89. The van der Waals surface area contributed by atoms with Crippen LogP contribution in [0.25, 0.3) is 110 Å². The third kappa shape index (κ3) is 5.63. The molecule has 0 amide bonds. The van der Waals surface area contributed by atoms with Crippen molar-refractivity contribution in [3.05, 3.63) is 225 Å². The summed E-state index contributed by atoms with van der Waals surface area (Å²) >= 11 is 0. The second-order valence-corrected chi connectivity index (χ2v) is 15.6. The first-order valence-electron chi connectivity index (χ1n) is 20.5. The molecule has 9 aromatic carbocycles. The van der Waals surface area contributed by atoms with E-state index in [1.54, 1.807) is 0 Å². The summed E-state index contributed by atoms with van der Waals surface area (Å²) in [6.45, 7) is 0. The van der Waals surface area contributed by atoms with Gasteiger partial charge in [-0.2, -0.15) is 0 Å². The van der Waals surface area contributed by atoms with Crippen LogP contribution in [0.3, 0.4) is 0 Å². The summed E-state index contributed by atoms with van der Waals surface area (Å²) in [5.74, 6) is 0. The third-order valence-corrected chi connectivity index (χ3v) is 12.1. The van der Waals surface area contributed by atoms with Crippen LogP contribution < -0.4 is 0 Å². The van der Waals surface area contributed by atoms with E-state index in [0.717, 1.165) is 33.5 Å². The molecular weight excluding hydrogens is 727 g/mol. The minimum Gasteiger partial charge on any atom is -0.309 e. The van der Waals surface area contributed by atoms with Crippen LogP contribution in [0.1, 0.15) is 0 Å². The Morgan fingerprint density at radius 1 is 0.267 bits per heavy atom. The van der Waals surface area contributed by atoms with Gasteiger partial charge >= 0.3 is 0 Å². The first kappa shape index (κ1) is 34.1. The first-order valence-corrected chi connectivity index (χ1v) is 20.5. The smallest absolute Gasteiger partial charge is 0.0709 e. The maximum Gasteiger partial charge on any atom is 0.0709 e. The molecule has 0 N–H and O–H groups in total. The number of rotatable bonds is 6. The molecule has 3 aromatic heterocycles.